The van der Waals surface area contributed by atoms with Gasteiger partial charge >= 0.3 is 0 Å². The molecule has 1 unspecified atom stereocenters. The summed E-state index contributed by atoms with van der Waals surface area (Å²) in [6.45, 7) is 2.26. The Morgan fingerprint density at radius 3 is 3.04 bits per heavy atom. The molecular weight excluding hydrogens is 370 g/mol. The number of pyridine rings is 1. The molecule has 0 radical (unpaired) electrons. The van der Waals surface area contributed by atoms with Crippen molar-refractivity contribution in [3.05, 3.63) is 58.9 Å². The van der Waals surface area contributed by atoms with Crippen molar-refractivity contribution in [2.45, 2.75) is 13.3 Å². The van der Waals surface area contributed by atoms with Crippen LogP contribution in [0.25, 0.3) is 10.6 Å². The lowest BCUT2D eigenvalue weighted by molar-refractivity contribution is -0.121. The van der Waals surface area contributed by atoms with Gasteiger partial charge in [-0.2, -0.15) is 0 Å². The normalized spacial score (nSPS) is 15.8. The summed E-state index contributed by atoms with van der Waals surface area (Å²) in [5, 5.41) is 4.13. The molecule has 132 valence electrons. The zero-order chi connectivity index (χ0) is 18.1. The van der Waals surface area contributed by atoms with Crippen molar-refractivity contribution in [1.82, 2.24) is 9.97 Å². The van der Waals surface area contributed by atoms with Gasteiger partial charge in [0.1, 0.15) is 12.4 Å². The molecule has 1 aromatic carbocycles. The minimum atomic E-state index is -0.275. The number of nitrogens with zero attached hydrogens (tertiary/aromatic N) is 2. The standard InChI is InChI=1S/C19H16ClN3O2S/c1-11-17(15-4-2-3-7-21-15)26-19(22-11)23-18(24)13-8-12-9-14(20)5-6-16(12)25-10-13/h2-7,9,13H,8,10H2,1H3,(H,22,23,24). The first-order chi connectivity index (χ1) is 12.6. The second kappa shape index (κ2) is 7.05. The molecule has 0 saturated carbocycles. The summed E-state index contributed by atoms with van der Waals surface area (Å²) in [5.41, 5.74) is 2.65. The van der Waals surface area contributed by atoms with Crippen LogP contribution in [0.5, 0.6) is 5.75 Å². The van der Waals surface area contributed by atoms with Gasteiger partial charge in [-0.25, -0.2) is 4.98 Å². The average Bonchev–Trinajstić information content (AvgIpc) is 3.02. The number of ether oxygens (including phenoxy) is 1. The number of aryl methyl sites for hydroxylation is 1. The molecular formula is C19H16ClN3O2S. The lowest BCUT2D eigenvalue weighted by Crippen LogP contribution is -2.32. The van der Waals surface area contributed by atoms with Crippen LogP contribution in [0.1, 0.15) is 11.3 Å². The highest BCUT2D eigenvalue weighted by Gasteiger charge is 2.27. The van der Waals surface area contributed by atoms with Crippen LogP contribution in [0.15, 0.2) is 42.6 Å². The quantitative estimate of drug-likeness (QED) is 0.727. The minimum Gasteiger partial charge on any atom is -0.492 e. The molecule has 1 amide bonds. The second-order valence-corrected chi connectivity index (χ2v) is 7.54. The van der Waals surface area contributed by atoms with E-state index in [1.165, 1.54) is 11.3 Å². The number of hydrogen-bond donors (Lipinski definition) is 1. The minimum absolute atomic E-state index is 0.100. The number of anilines is 1. The van der Waals surface area contributed by atoms with Gasteiger partial charge < -0.3 is 10.1 Å². The maximum Gasteiger partial charge on any atom is 0.233 e. The van der Waals surface area contributed by atoms with Gasteiger partial charge in [0.15, 0.2) is 5.13 Å². The molecule has 1 aliphatic heterocycles. The number of hydrogen-bond acceptors (Lipinski definition) is 5. The Hall–Kier alpha value is -2.44. The molecule has 0 spiro atoms. The van der Waals surface area contributed by atoms with Crippen LogP contribution < -0.4 is 10.1 Å². The highest BCUT2D eigenvalue weighted by Crippen LogP contribution is 2.33. The largest absolute Gasteiger partial charge is 0.492 e. The molecule has 3 heterocycles. The van der Waals surface area contributed by atoms with Crippen LogP contribution in [-0.4, -0.2) is 22.5 Å². The van der Waals surface area contributed by atoms with Crippen LogP contribution in [0.2, 0.25) is 5.02 Å². The number of rotatable bonds is 3. The summed E-state index contributed by atoms with van der Waals surface area (Å²) in [6.07, 6.45) is 2.34. The molecule has 2 aromatic heterocycles. The summed E-state index contributed by atoms with van der Waals surface area (Å²) in [7, 11) is 0. The number of carbonyl (C=O) groups excluding carboxylic acids is 1. The van der Waals surface area contributed by atoms with Gasteiger partial charge in [-0.05, 0) is 49.2 Å². The molecule has 5 nitrogen and oxygen atoms in total. The van der Waals surface area contributed by atoms with Crippen LogP contribution in [-0.2, 0) is 11.2 Å². The zero-order valence-electron chi connectivity index (χ0n) is 14.0. The van der Waals surface area contributed by atoms with Crippen molar-refractivity contribution < 1.29 is 9.53 Å². The number of halogens is 1. The Balaban J connectivity index is 1.49. The number of thiazole rings is 1. The highest BCUT2D eigenvalue weighted by atomic mass is 35.5. The maximum absolute atomic E-state index is 12.6. The summed E-state index contributed by atoms with van der Waals surface area (Å²) >= 11 is 7.47. The van der Waals surface area contributed by atoms with E-state index in [2.05, 4.69) is 15.3 Å². The fourth-order valence-corrected chi connectivity index (χ4v) is 4.06. The van der Waals surface area contributed by atoms with Crippen molar-refractivity contribution in [2.75, 3.05) is 11.9 Å². The van der Waals surface area contributed by atoms with E-state index in [1.54, 1.807) is 12.3 Å². The Bertz CT molecular complexity index is 959. The topological polar surface area (TPSA) is 64.1 Å². The van der Waals surface area contributed by atoms with Gasteiger partial charge in [0.2, 0.25) is 5.91 Å². The van der Waals surface area contributed by atoms with E-state index in [9.17, 15) is 4.79 Å². The van der Waals surface area contributed by atoms with E-state index in [0.717, 1.165) is 27.6 Å². The summed E-state index contributed by atoms with van der Waals surface area (Å²) < 4.78 is 5.70. The number of fused-ring (bicyclic) bond motifs is 1. The van der Waals surface area contributed by atoms with Crippen molar-refractivity contribution in [2.24, 2.45) is 5.92 Å². The number of aromatic nitrogens is 2. The maximum atomic E-state index is 12.6. The van der Waals surface area contributed by atoms with Gasteiger partial charge in [-0.3, -0.25) is 9.78 Å². The van der Waals surface area contributed by atoms with E-state index in [0.29, 0.717) is 23.2 Å². The van der Waals surface area contributed by atoms with Gasteiger partial charge in [-0.1, -0.05) is 29.0 Å². The van der Waals surface area contributed by atoms with Crippen molar-refractivity contribution >= 4 is 34.0 Å². The van der Waals surface area contributed by atoms with Crippen LogP contribution in [0, 0.1) is 12.8 Å². The van der Waals surface area contributed by atoms with Gasteiger partial charge in [0.05, 0.1) is 22.2 Å². The Morgan fingerprint density at radius 1 is 1.35 bits per heavy atom. The molecule has 0 saturated heterocycles. The fraction of sp³-hybridized carbons (Fsp3) is 0.211. The third kappa shape index (κ3) is 3.43. The lowest BCUT2D eigenvalue weighted by Gasteiger charge is -2.24. The summed E-state index contributed by atoms with van der Waals surface area (Å²) in [5.74, 6) is 0.418. The molecule has 3 aromatic rings. The molecule has 1 atom stereocenters. The van der Waals surface area contributed by atoms with Crippen LogP contribution >= 0.6 is 22.9 Å². The monoisotopic (exact) mass is 385 g/mol. The van der Waals surface area contributed by atoms with E-state index in [4.69, 9.17) is 16.3 Å². The lowest BCUT2D eigenvalue weighted by atomic mass is 9.96. The van der Waals surface area contributed by atoms with Gasteiger partial charge in [-0.15, -0.1) is 0 Å². The SMILES string of the molecule is Cc1nc(NC(=O)C2COc3ccc(Cl)cc3C2)sc1-c1ccccn1. The molecule has 4 rings (SSSR count). The molecule has 1 aliphatic rings. The number of nitrogens with one attached hydrogen (secondary N) is 1. The summed E-state index contributed by atoms with van der Waals surface area (Å²) in [6, 6.07) is 11.2. The summed E-state index contributed by atoms with van der Waals surface area (Å²) in [4.78, 5) is 22.4. The third-order valence-corrected chi connectivity index (χ3v) is 5.55. The number of carbonyl (C=O) groups is 1. The molecule has 7 heteroatoms. The van der Waals surface area contributed by atoms with Crippen LogP contribution in [0.4, 0.5) is 5.13 Å². The predicted octanol–water partition coefficient (Wildman–Crippen LogP) is 4.36. The third-order valence-electron chi connectivity index (χ3n) is 4.22. The predicted molar refractivity (Wildman–Crippen MR) is 103 cm³/mol. The second-order valence-electron chi connectivity index (χ2n) is 6.10. The van der Waals surface area contributed by atoms with E-state index < -0.39 is 0 Å². The molecule has 0 bridgehead atoms. The molecule has 26 heavy (non-hydrogen) atoms. The zero-order valence-corrected chi connectivity index (χ0v) is 15.6. The molecule has 1 N–H and O–H groups in total. The van der Waals surface area contributed by atoms with E-state index in [1.807, 2.05) is 37.3 Å². The fourth-order valence-electron chi connectivity index (χ4n) is 2.92. The van der Waals surface area contributed by atoms with Gasteiger partial charge in [0.25, 0.3) is 0 Å². The molecule has 0 aliphatic carbocycles. The van der Waals surface area contributed by atoms with Crippen molar-refractivity contribution in [3.8, 4) is 16.3 Å². The van der Waals surface area contributed by atoms with Crippen molar-refractivity contribution in [3.63, 3.8) is 0 Å². The number of amides is 1. The first-order valence-electron chi connectivity index (χ1n) is 8.21. The Kier molecular flexibility index (Phi) is 4.61. The van der Waals surface area contributed by atoms with E-state index >= 15 is 0 Å². The Labute approximate surface area is 160 Å². The first kappa shape index (κ1) is 17.0. The van der Waals surface area contributed by atoms with Gasteiger partial charge in [0, 0.05) is 11.2 Å². The van der Waals surface area contributed by atoms with Crippen molar-refractivity contribution in [1.29, 1.82) is 0 Å². The average molecular weight is 386 g/mol. The molecule has 0 fully saturated rings. The van der Waals surface area contributed by atoms with Crippen LogP contribution in [0.3, 0.4) is 0 Å². The smallest absolute Gasteiger partial charge is 0.233 e. The number of benzene rings is 1. The first-order valence-corrected chi connectivity index (χ1v) is 9.40. The van der Waals surface area contributed by atoms with E-state index in [-0.39, 0.29) is 11.8 Å². The highest BCUT2D eigenvalue weighted by molar-refractivity contribution is 7.19. The Morgan fingerprint density at radius 2 is 2.23 bits per heavy atom.